The molecule has 1 saturated carbocycles. The van der Waals surface area contributed by atoms with E-state index in [1.807, 2.05) is 19.9 Å². The maximum absolute atomic E-state index is 12.5. The van der Waals surface area contributed by atoms with Gasteiger partial charge in [-0.25, -0.2) is 0 Å². The number of amides is 1. The van der Waals surface area contributed by atoms with Crippen molar-refractivity contribution in [1.29, 1.82) is 0 Å². The molecule has 0 bridgehead atoms. The predicted molar refractivity (Wildman–Crippen MR) is 83.8 cm³/mol. The summed E-state index contributed by atoms with van der Waals surface area (Å²) in [5, 5.41) is 3.20. The van der Waals surface area contributed by atoms with Crippen LogP contribution < -0.4 is 11.1 Å². The molecule has 0 spiro atoms. The van der Waals surface area contributed by atoms with Crippen molar-refractivity contribution in [2.45, 2.75) is 53.0 Å². The lowest BCUT2D eigenvalue weighted by Gasteiger charge is -2.33. The van der Waals surface area contributed by atoms with E-state index in [0.29, 0.717) is 23.2 Å². The molecule has 1 aliphatic carbocycles. The molecule has 0 saturated heterocycles. The Balaban J connectivity index is 2.11. The van der Waals surface area contributed by atoms with Crippen molar-refractivity contribution in [3.05, 3.63) is 28.8 Å². The highest BCUT2D eigenvalue weighted by atomic mass is 16.1. The molecule has 20 heavy (non-hydrogen) atoms. The van der Waals surface area contributed by atoms with Crippen molar-refractivity contribution < 1.29 is 4.79 Å². The highest BCUT2D eigenvalue weighted by Crippen LogP contribution is 2.29. The van der Waals surface area contributed by atoms with Gasteiger partial charge in [-0.2, -0.15) is 0 Å². The Labute approximate surface area is 121 Å². The second-order valence-electron chi connectivity index (χ2n) is 6.50. The highest BCUT2D eigenvalue weighted by Gasteiger charge is 2.27. The number of anilines is 1. The minimum atomic E-state index is 0.0144. The van der Waals surface area contributed by atoms with Crippen LogP contribution in [0.4, 0.5) is 5.69 Å². The number of aryl methyl sites for hydroxylation is 2. The lowest BCUT2D eigenvalue weighted by molar-refractivity contribution is 0.0899. The Hall–Kier alpha value is -1.51. The topological polar surface area (TPSA) is 55.1 Å². The maximum Gasteiger partial charge on any atom is 0.251 e. The van der Waals surface area contributed by atoms with E-state index in [1.54, 1.807) is 6.07 Å². The molecule has 1 aromatic rings. The zero-order valence-corrected chi connectivity index (χ0v) is 13.0. The molecule has 1 amide bonds. The molecule has 1 fully saturated rings. The van der Waals surface area contributed by atoms with Crippen LogP contribution in [0.1, 0.15) is 54.6 Å². The predicted octanol–water partition coefficient (Wildman–Crippen LogP) is 3.44. The molecule has 1 aliphatic rings. The fraction of sp³-hybridized carbons (Fsp3) is 0.588. The molecule has 2 rings (SSSR count). The van der Waals surface area contributed by atoms with Crippen LogP contribution >= 0.6 is 0 Å². The smallest absolute Gasteiger partial charge is 0.251 e. The largest absolute Gasteiger partial charge is 0.398 e. The monoisotopic (exact) mass is 274 g/mol. The summed E-state index contributed by atoms with van der Waals surface area (Å²) < 4.78 is 0. The zero-order chi connectivity index (χ0) is 14.9. The maximum atomic E-state index is 12.5. The van der Waals surface area contributed by atoms with Crippen molar-refractivity contribution >= 4 is 11.6 Å². The molecule has 3 atom stereocenters. The second kappa shape index (κ2) is 5.86. The van der Waals surface area contributed by atoms with Crippen LogP contribution in [-0.2, 0) is 0 Å². The molecule has 1 aromatic carbocycles. The Morgan fingerprint density at radius 2 is 1.90 bits per heavy atom. The Morgan fingerprint density at radius 1 is 1.20 bits per heavy atom. The molecule has 110 valence electrons. The van der Waals surface area contributed by atoms with Gasteiger partial charge in [0.1, 0.15) is 0 Å². The summed E-state index contributed by atoms with van der Waals surface area (Å²) in [6.45, 7) is 8.46. The molecule has 0 aliphatic heterocycles. The standard InChI is InChI=1S/C17H26N2O/c1-10-5-6-16(13(4)7-10)19-17(20)14-9-15(18)12(3)8-11(14)2/h8-10,13,16H,5-7,18H2,1-4H3,(H,19,20). The SMILES string of the molecule is Cc1cc(C)c(C(=O)NC2CCC(C)CC2C)cc1N. The van der Waals surface area contributed by atoms with E-state index < -0.39 is 0 Å². The van der Waals surface area contributed by atoms with Gasteiger partial charge in [0.2, 0.25) is 0 Å². The first-order chi connectivity index (χ1) is 9.38. The normalized spacial score (nSPS) is 26.3. The van der Waals surface area contributed by atoms with Gasteiger partial charge in [-0.3, -0.25) is 4.79 Å². The first-order valence-electron chi connectivity index (χ1n) is 7.56. The van der Waals surface area contributed by atoms with Crippen LogP contribution in [0, 0.1) is 25.7 Å². The number of rotatable bonds is 2. The Bertz CT molecular complexity index is 510. The average Bonchev–Trinajstić information content (AvgIpc) is 2.37. The van der Waals surface area contributed by atoms with Gasteiger partial charge in [0.15, 0.2) is 0 Å². The van der Waals surface area contributed by atoms with Gasteiger partial charge in [0.25, 0.3) is 5.91 Å². The van der Waals surface area contributed by atoms with Crippen LogP contribution in [-0.4, -0.2) is 11.9 Å². The van der Waals surface area contributed by atoms with E-state index in [-0.39, 0.29) is 5.91 Å². The van der Waals surface area contributed by atoms with Gasteiger partial charge < -0.3 is 11.1 Å². The summed E-state index contributed by atoms with van der Waals surface area (Å²) in [7, 11) is 0. The van der Waals surface area contributed by atoms with Crippen LogP contribution in [0.5, 0.6) is 0 Å². The van der Waals surface area contributed by atoms with Gasteiger partial charge in [-0.15, -0.1) is 0 Å². The fourth-order valence-corrected chi connectivity index (χ4v) is 3.24. The number of nitrogens with two attached hydrogens (primary N) is 1. The van der Waals surface area contributed by atoms with Crippen LogP contribution in [0.15, 0.2) is 12.1 Å². The summed E-state index contributed by atoms with van der Waals surface area (Å²) in [6.07, 6.45) is 3.47. The quantitative estimate of drug-likeness (QED) is 0.812. The average molecular weight is 274 g/mol. The van der Waals surface area contributed by atoms with Gasteiger partial charge >= 0.3 is 0 Å². The third-order valence-electron chi connectivity index (χ3n) is 4.61. The molecular formula is C17H26N2O. The third kappa shape index (κ3) is 3.14. The van der Waals surface area contributed by atoms with Crippen molar-refractivity contribution in [3.8, 4) is 0 Å². The summed E-state index contributed by atoms with van der Waals surface area (Å²) in [5.74, 6) is 1.33. The Morgan fingerprint density at radius 3 is 2.55 bits per heavy atom. The van der Waals surface area contributed by atoms with E-state index in [4.69, 9.17) is 5.73 Å². The minimum Gasteiger partial charge on any atom is -0.398 e. The van der Waals surface area contributed by atoms with E-state index in [0.717, 1.165) is 23.5 Å². The van der Waals surface area contributed by atoms with Crippen molar-refractivity contribution in [1.82, 2.24) is 5.32 Å². The lowest BCUT2D eigenvalue weighted by Crippen LogP contribution is -2.42. The fourth-order valence-electron chi connectivity index (χ4n) is 3.24. The van der Waals surface area contributed by atoms with E-state index in [2.05, 4.69) is 19.2 Å². The second-order valence-corrected chi connectivity index (χ2v) is 6.50. The summed E-state index contributed by atoms with van der Waals surface area (Å²) >= 11 is 0. The van der Waals surface area contributed by atoms with Gasteiger partial charge in [0.05, 0.1) is 0 Å². The van der Waals surface area contributed by atoms with Crippen LogP contribution in [0.2, 0.25) is 0 Å². The van der Waals surface area contributed by atoms with Gasteiger partial charge in [-0.1, -0.05) is 19.9 Å². The third-order valence-corrected chi connectivity index (χ3v) is 4.61. The minimum absolute atomic E-state index is 0.0144. The number of nitrogen functional groups attached to an aromatic ring is 1. The molecule has 3 nitrogen and oxygen atoms in total. The summed E-state index contributed by atoms with van der Waals surface area (Å²) in [6, 6.07) is 4.08. The zero-order valence-electron chi connectivity index (χ0n) is 13.0. The van der Waals surface area contributed by atoms with E-state index >= 15 is 0 Å². The number of benzene rings is 1. The lowest BCUT2D eigenvalue weighted by atomic mass is 9.80. The molecule has 3 unspecified atom stereocenters. The van der Waals surface area contributed by atoms with Crippen molar-refractivity contribution in [3.63, 3.8) is 0 Å². The number of hydrogen-bond donors (Lipinski definition) is 2. The molecule has 3 N–H and O–H groups in total. The molecule has 0 aromatic heterocycles. The number of nitrogens with one attached hydrogen (secondary N) is 1. The van der Waals surface area contributed by atoms with Gasteiger partial charge in [-0.05, 0) is 62.1 Å². The van der Waals surface area contributed by atoms with Crippen molar-refractivity contribution in [2.75, 3.05) is 5.73 Å². The van der Waals surface area contributed by atoms with Crippen LogP contribution in [0.25, 0.3) is 0 Å². The molecule has 0 radical (unpaired) electrons. The number of hydrogen-bond acceptors (Lipinski definition) is 2. The van der Waals surface area contributed by atoms with Gasteiger partial charge in [0, 0.05) is 17.3 Å². The molecular weight excluding hydrogens is 248 g/mol. The Kier molecular flexibility index (Phi) is 4.36. The molecule has 3 heteroatoms. The van der Waals surface area contributed by atoms with Crippen LogP contribution in [0.3, 0.4) is 0 Å². The first kappa shape index (κ1) is 14.9. The van der Waals surface area contributed by atoms with E-state index in [1.165, 1.54) is 12.8 Å². The summed E-state index contributed by atoms with van der Waals surface area (Å²) in [4.78, 5) is 12.5. The van der Waals surface area contributed by atoms with E-state index in [9.17, 15) is 4.79 Å². The molecule has 0 heterocycles. The number of carbonyl (C=O) groups is 1. The summed E-state index contributed by atoms with van der Waals surface area (Å²) in [5.41, 5.74) is 9.34. The van der Waals surface area contributed by atoms with Crippen molar-refractivity contribution in [2.24, 2.45) is 11.8 Å². The highest BCUT2D eigenvalue weighted by molar-refractivity contribution is 5.96. The number of carbonyl (C=O) groups excluding carboxylic acids is 1. The first-order valence-corrected chi connectivity index (χ1v) is 7.56.